The summed E-state index contributed by atoms with van der Waals surface area (Å²) < 4.78 is 12.7. The second-order valence-electron chi connectivity index (χ2n) is 6.60. The summed E-state index contributed by atoms with van der Waals surface area (Å²) >= 11 is 5.96. The van der Waals surface area contributed by atoms with E-state index in [1.165, 1.54) is 6.20 Å². The number of aromatic nitrogens is 4. The van der Waals surface area contributed by atoms with Crippen LogP contribution in [0.15, 0.2) is 59.5 Å². The summed E-state index contributed by atoms with van der Waals surface area (Å²) in [5.74, 6) is 0.768. The zero-order valence-electron chi connectivity index (χ0n) is 16.3. The number of halogens is 1. The molecule has 1 amide bonds. The minimum Gasteiger partial charge on any atom is -0.473 e. The Morgan fingerprint density at radius 1 is 1.20 bits per heavy atom. The Balaban J connectivity index is 1.43. The average Bonchev–Trinajstić information content (AvgIpc) is 3.32. The molecule has 0 saturated carbocycles. The zero-order valence-corrected chi connectivity index (χ0v) is 17.1. The van der Waals surface area contributed by atoms with Crippen molar-refractivity contribution in [3.8, 4) is 17.1 Å². The lowest BCUT2D eigenvalue weighted by molar-refractivity contribution is 0.102. The van der Waals surface area contributed by atoms with Crippen LogP contribution in [0.1, 0.15) is 21.7 Å². The molecule has 3 heterocycles. The van der Waals surface area contributed by atoms with Crippen molar-refractivity contribution in [2.24, 2.45) is 7.05 Å². The van der Waals surface area contributed by atoms with Crippen LogP contribution in [-0.4, -0.2) is 25.8 Å². The third kappa shape index (κ3) is 4.33. The molecular weight excluding hydrogens is 406 g/mol. The number of aryl methyl sites for hydroxylation is 2. The number of nitrogens with zero attached hydrogens (tertiary/aromatic N) is 4. The van der Waals surface area contributed by atoms with Gasteiger partial charge in [0.05, 0.1) is 23.0 Å². The number of benzene rings is 1. The van der Waals surface area contributed by atoms with Gasteiger partial charge in [-0.25, -0.2) is 4.98 Å². The zero-order chi connectivity index (χ0) is 21.1. The predicted octanol–water partition coefficient (Wildman–Crippen LogP) is 4.26. The largest absolute Gasteiger partial charge is 0.473 e. The molecule has 0 aliphatic heterocycles. The molecule has 0 saturated heterocycles. The van der Waals surface area contributed by atoms with Crippen LogP contribution < -0.4 is 10.1 Å². The van der Waals surface area contributed by atoms with Crippen molar-refractivity contribution < 1.29 is 14.1 Å². The van der Waals surface area contributed by atoms with Gasteiger partial charge in [-0.1, -0.05) is 28.9 Å². The van der Waals surface area contributed by atoms with E-state index in [0.29, 0.717) is 33.6 Å². The number of carbonyl (C=O) groups is 1. The Labute approximate surface area is 177 Å². The molecule has 9 heteroatoms. The van der Waals surface area contributed by atoms with E-state index in [1.54, 1.807) is 48.4 Å². The first-order valence-corrected chi connectivity index (χ1v) is 9.47. The molecule has 0 bridgehead atoms. The van der Waals surface area contributed by atoms with E-state index in [-0.39, 0.29) is 12.5 Å². The Bertz CT molecular complexity index is 1170. The van der Waals surface area contributed by atoms with E-state index in [4.69, 9.17) is 20.9 Å². The third-order valence-electron chi connectivity index (χ3n) is 4.43. The van der Waals surface area contributed by atoms with Crippen LogP contribution in [0, 0.1) is 6.92 Å². The molecule has 1 aromatic carbocycles. The van der Waals surface area contributed by atoms with E-state index in [2.05, 4.69) is 20.6 Å². The SMILES string of the molecule is Cc1onc(-c2ccc(Cl)cc2)c1COc1ccc(C(=O)Nc2cnn(C)c2)cn1. The second-order valence-corrected chi connectivity index (χ2v) is 7.04. The first-order chi connectivity index (χ1) is 14.5. The molecule has 4 aromatic rings. The normalized spacial score (nSPS) is 10.8. The Kier molecular flexibility index (Phi) is 5.49. The van der Waals surface area contributed by atoms with Gasteiger partial charge in [-0.15, -0.1) is 0 Å². The smallest absolute Gasteiger partial charge is 0.257 e. The Morgan fingerprint density at radius 3 is 2.67 bits per heavy atom. The lowest BCUT2D eigenvalue weighted by atomic mass is 10.1. The van der Waals surface area contributed by atoms with Crippen LogP contribution in [0.25, 0.3) is 11.3 Å². The highest BCUT2D eigenvalue weighted by Crippen LogP contribution is 2.27. The molecular formula is C21H18ClN5O3. The van der Waals surface area contributed by atoms with E-state index in [9.17, 15) is 4.79 Å². The van der Waals surface area contributed by atoms with Crippen LogP contribution in [-0.2, 0) is 13.7 Å². The van der Waals surface area contributed by atoms with Gasteiger partial charge in [0.1, 0.15) is 18.1 Å². The molecule has 0 atom stereocenters. The third-order valence-corrected chi connectivity index (χ3v) is 4.68. The summed E-state index contributed by atoms with van der Waals surface area (Å²) in [5.41, 5.74) is 3.41. The van der Waals surface area contributed by atoms with E-state index in [1.807, 2.05) is 19.1 Å². The highest BCUT2D eigenvalue weighted by Gasteiger charge is 2.16. The first-order valence-electron chi connectivity index (χ1n) is 9.09. The Morgan fingerprint density at radius 2 is 2.00 bits per heavy atom. The number of nitrogens with one attached hydrogen (secondary N) is 1. The highest BCUT2D eigenvalue weighted by molar-refractivity contribution is 6.30. The molecule has 1 N–H and O–H groups in total. The van der Waals surface area contributed by atoms with Gasteiger partial charge in [-0.05, 0) is 25.1 Å². The van der Waals surface area contributed by atoms with E-state index in [0.717, 1.165) is 11.1 Å². The maximum absolute atomic E-state index is 12.3. The van der Waals surface area contributed by atoms with Gasteiger partial charge in [0.15, 0.2) is 0 Å². The molecule has 0 unspecified atom stereocenters. The van der Waals surface area contributed by atoms with Crippen molar-refractivity contribution in [2.75, 3.05) is 5.32 Å². The summed E-state index contributed by atoms with van der Waals surface area (Å²) in [6.45, 7) is 2.05. The van der Waals surface area contributed by atoms with Gasteiger partial charge in [0, 0.05) is 36.1 Å². The van der Waals surface area contributed by atoms with E-state index >= 15 is 0 Å². The topological polar surface area (TPSA) is 95.1 Å². The Hall–Kier alpha value is -3.65. The summed E-state index contributed by atoms with van der Waals surface area (Å²) in [6.07, 6.45) is 4.74. The van der Waals surface area contributed by atoms with Gasteiger partial charge in [0.25, 0.3) is 5.91 Å². The van der Waals surface area contributed by atoms with Crippen LogP contribution in [0.3, 0.4) is 0 Å². The number of carbonyl (C=O) groups excluding carboxylic acids is 1. The number of ether oxygens (including phenoxy) is 1. The van der Waals surface area contributed by atoms with Crippen molar-refractivity contribution in [2.45, 2.75) is 13.5 Å². The molecule has 3 aromatic heterocycles. The van der Waals surface area contributed by atoms with Gasteiger partial charge in [0.2, 0.25) is 5.88 Å². The number of amides is 1. The standard InChI is InChI=1S/C21H18ClN5O3/c1-13-18(20(26-30-13)14-3-6-16(22)7-4-14)12-29-19-8-5-15(9-23-19)21(28)25-17-10-24-27(2)11-17/h3-11H,12H2,1-2H3,(H,25,28). The molecule has 4 rings (SSSR count). The van der Waals surface area contributed by atoms with E-state index < -0.39 is 0 Å². The van der Waals surface area contributed by atoms with Gasteiger partial charge in [-0.2, -0.15) is 5.10 Å². The number of rotatable bonds is 6. The van der Waals surface area contributed by atoms with Crippen LogP contribution >= 0.6 is 11.6 Å². The van der Waals surface area contributed by atoms with Crippen LogP contribution in [0.4, 0.5) is 5.69 Å². The summed E-state index contributed by atoms with van der Waals surface area (Å²) in [7, 11) is 1.78. The molecule has 0 radical (unpaired) electrons. The monoisotopic (exact) mass is 423 g/mol. The fraction of sp³-hybridized carbons (Fsp3) is 0.143. The quantitative estimate of drug-likeness (QED) is 0.497. The summed E-state index contributed by atoms with van der Waals surface area (Å²) in [4.78, 5) is 16.5. The van der Waals surface area contributed by atoms with Crippen molar-refractivity contribution in [3.05, 3.63) is 76.9 Å². The lowest BCUT2D eigenvalue weighted by Crippen LogP contribution is -2.11. The van der Waals surface area contributed by atoms with Gasteiger partial charge >= 0.3 is 0 Å². The average molecular weight is 424 g/mol. The number of hydrogen-bond donors (Lipinski definition) is 1. The fourth-order valence-electron chi connectivity index (χ4n) is 2.83. The highest BCUT2D eigenvalue weighted by atomic mass is 35.5. The van der Waals surface area contributed by atoms with Gasteiger partial charge in [-0.3, -0.25) is 9.48 Å². The van der Waals surface area contributed by atoms with Crippen molar-refractivity contribution in [3.63, 3.8) is 0 Å². The van der Waals surface area contributed by atoms with Gasteiger partial charge < -0.3 is 14.6 Å². The molecule has 0 aliphatic rings. The van der Waals surface area contributed by atoms with Crippen LogP contribution in [0.5, 0.6) is 5.88 Å². The van der Waals surface area contributed by atoms with Crippen LogP contribution in [0.2, 0.25) is 5.02 Å². The summed E-state index contributed by atoms with van der Waals surface area (Å²) in [6, 6.07) is 10.6. The second kappa shape index (κ2) is 8.38. The van der Waals surface area contributed by atoms with Crippen molar-refractivity contribution in [1.29, 1.82) is 0 Å². The molecule has 0 aliphatic carbocycles. The summed E-state index contributed by atoms with van der Waals surface area (Å²) in [5, 5.41) is 11.5. The maximum Gasteiger partial charge on any atom is 0.257 e. The predicted molar refractivity (Wildman–Crippen MR) is 111 cm³/mol. The molecule has 0 spiro atoms. The molecule has 8 nitrogen and oxygen atoms in total. The van der Waals surface area contributed by atoms with Crippen molar-refractivity contribution in [1.82, 2.24) is 19.9 Å². The number of anilines is 1. The number of pyridine rings is 1. The minimum absolute atomic E-state index is 0.224. The first kappa shape index (κ1) is 19.7. The lowest BCUT2D eigenvalue weighted by Gasteiger charge is -2.07. The molecule has 152 valence electrons. The minimum atomic E-state index is -0.276. The number of hydrogen-bond acceptors (Lipinski definition) is 6. The maximum atomic E-state index is 12.3. The molecule has 0 fully saturated rings. The fourth-order valence-corrected chi connectivity index (χ4v) is 2.96. The van der Waals surface area contributed by atoms with Crippen molar-refractivity contribution >= 4 is 23.2 Å². The molecule has 30 heavy (non-hydrogen) atoms.